The van der Waals surface area contributed by atoms with E-state index in [0.717, 1.165) is 17.6 Å². The summed E-state index contributed by atoms with van der Waals surface area (Å²) in [5.74, 6) is -1.32. The maximum absolute atomic E-state index is 11.9. The number of carbonyl (C=O) groups is 2. The van der Waals surface area contributed by atoms with Gasteiger partial charge in [-0.3, -0.25) is 4.79 Å². The third kappa shape index (κ3) is 3.84. The van der Waals surface area contributed by atoms with Crippen molar-refractivity contribution in [3.63, 3.8) is 0 Å². The van der Waals surface area contributed by atoms with Gasteiger partial charge in [0, 0.05) is 11.1 Å². The molecule has 0 aromatic heterocycles. The highest BCUT2D eigenvalue weighted by atomic mass is 16.5. The van der Waals surface area contributed by atoms with Crippen LogP contribution >= 0.6 is 0 Å². The molecule has 6 heteroatoms. The maximum Gasteiger partial charge on any atom is 0.342 e. The van der Waals surface area contributed by atoms with Crippen molar-refractivity contribution in [1.82, 2.24) is 0 Å². The summed E-state index contributed by atoms with van der Waals surface area (Å²) in [6.45, 7) is 5.81. The molecular weight excluding hydrogens is 336 g/mol. The predicted octanol–water partition coefficient (Wildman–Crippen LogP) is 3.76. The molecule has 1 heterocycles. The van der Waals surface area contributed by atoms with E-state index in [2.05, 4.69) is 0 Å². The van der Waals surface area contributed by atoms with Gasteiger partial charge in [0.25, 0.3) is 0 Å². The lowest BCUT2D eigenvalue weighted by molar-refractivity contribution is -0.141. The molecule has 0 amide bonds. The Morgan fingerprint density at radius 1 is 1.42 bits per heavy atom. The molecule has 2 rings (SSSR count). The number of carboxylic acids is 1. The van der Waals surface area contributed by atoms with E-state index in [4.69, 9.17) is 9.47 Å². The number of fused-ring (bicyclic) bond motifs is 1. The summed E-state index contributed by atoms with van der Waals surface area (Å²) in [4.78, 5) is 23.2. The van der Waals surface area contributed by atoms with Crippen LogP contribution in [0.2, 0.25) is 0 Å². The molecule has 26 heavy (non-hydrogen) atoms. The summed E-state index contributed by atoms with van der Waals surface area (Å²) in [6, 6.07) is 0. The Kier molecular flexibility index (Phi) is 6.29. The number of cyclic esters (lactones) is 1. The molecule has 0 aliphatic carbocycles. The lowest BCUT2D eigenvalue weighted by Gasteiger charge is -2.16. The van der Waals surface area contributed by atoms with Crippen molar-refractivity contribution < 1.29 is 29.3 Å². The Morgan fingerprint density at radius 3 is 2.69 bits per heavy atom. The number of benzene rings is 1. The standard InChI is InChI=1S/C20H26O6/c1-5-6-13(19(22)23)9-11(2)7-8-14-17(21)16-15(10-26-20(16)24)12(3)18(14)25-4/h7,13,21H,5-6,8-10H2,1-4H3,(H,22,23)/b11-7+. The van der Waals surface area contributed by atoms with Gasteiger partial charge in [0.1, 0.15) is 23.7 Å². The smallest absolute Gasteiger partial charge is 0.342 e. The van der Waals surface area contributed by atoms with Gasteiger partial charge in [0.15, 0.2) is 0 Å². The normalized spacial score (nSPS) is 14.8. The molecule has 1 aliphatic heterocycles. The summed E-state index contributed by atoms with van der Waals surface area (Å²) >= 11 is 0. The number of hydrogen-bond donors (Lipinski definition) is 2. The topological polar surface area (TPSA) is 93.1 Å². The van der Waals surface area contributed by atoms with Gasteiger partial charge in [-0.2, -0.15) is 0 Å². The average molecular weight is 362 g/mol. The third-order valence-corrected chi connectivity index (χ3v) is 4.86. The molecule has 1 unspecified atom stereocenters. The zero-order valence-corrected chi connectivity index (χ0v) is 15.7. The van der Waals surface area contributed by atoms with Gasteiger partial charge in [-0.15, -0.1) is 0 Å². The molecule has 0 spiro atoms. The first kappa shape index (κ1) is 19.8. The van der Waals surface area contributed by atoms with Crippen LogP contribution in [-0.2, 0) is 22.6 Å². The molecular formula is C20H26O6. The van der Waals surface area contributed by atoms with Crippen molar-refractivity contribution in [2.75, 3.05) is 7.11 Å². The number of rotatable bonds is 8. The first-order valence-electron chi connectivity index (χ1n) is 8.78. The number of carboxylic acid groups (broad SMARTS) is 1. The highest BCUT2D eigenvalue weighted by molar-refractivity contribution is 5.98. The molecule has 1 aromatic rings. The number of allylic oxidation sites excluding steroid dienone is 2. The van der Waals surface area contributed by atoms with Crippen molar-refractivity contribution >= 4 is 11.9 Å². The summed E-state index contributed by atoms with van der Waals surface area (Å²) in [5.41, 5.74) is 3.08. The average Bonchev–Trinajstić information content (AvgIpc) is 2.98. The van der Waals surface area contributed by atoms with E-state index < -0.39 is 17.9 Å². The Labute approximate surface area is 153 Å². The van der Waals surface area contributed by atoms with Crippen molar-refractivity contribution in [1.29, 1.82) is 0 Å². The van der Waals surface area contributed by atoms with Crippen LogP contribution in [0.3, 0.4) is 0 Å². The van der Waals surface area contributed by atoms with Crippen LogP contribution in [0, 0.1) is 12.8 Å². The summed E-state index contributed by atoms with van der Waals surface area (Å²) in [7, 11) is 1.52. The van der Waals surface area contributed by atoms with Crippen LogP contribution in [0.1, 0.15) is 60.2 Å². The fourth-order valence-corrected chi connectivity index (χ4v) is 3.44. The maximum atomic E-state index is 11.9. The molecule has 0 bridgehead atoms. The van der Waals surface area contributed by atoms with Crippen LogP contribution in [0.15, 0.2) is 11.6 Å². The number of phenols is 1. The third-order valence-electron chi connectivity index (χ3n) is 4.86. The van der Waals surface area contributed by atoms with Gasteiger partial charge in [-0.25, -0.2) is 4.79 Å². The van der Waals surface area contributed by atoms with Gasteiger partial charge < -0.3 is 19.7 Å². The van der Waals surface area contributed by atoms with Crippen LogP contribution in [0.25, 0.3) is 0 Å². The number of ether oxygens (including phenoxy) is 2. The van der Waals surface area contributed by atoms with Crippen LogP contribution in [-0.4, -0.2) is 29.3 Å². The summed E-state index contributed by atoms with van der Waals surface area (Å²) < 4.78 is 10.5. The van der Waals surface area contributed by atoms with Gasteiger partial charge >= 0.3 is 11.9 Å². The molecule has 0 saturated carbocycles. The monoisotopic (exact) mass is 362 g/mol. The van der Waals surface area contributed by atoms with Gasteiger partial charge in [0.05, 0.1) is 13.0 Å². The zero-order chi connectivity index (χ0) is 19.4. The molecule has 0 radical (unpaired) electrons. The van der Waals surface area contributed by atoms with E-state index in [1.54, 1.807) is 0 Å². The predicted molar refractivity (Wildman–Crippen MR) is 96.6 cm³/mol. The number of esters is 1. The van der Waals surface area contributed by atoms with Crippen LogP contribution < -0.4 is 4.74 Å². The minimum Gasteiger partial charge on any atom is -0.507 e. The highest BCUT2D eigenvalue weighted by Gasteiger charge is 2.31. The van der Waals surface area contributed by atoms with Gasteiger partial charge in [0.2, 0.25) is 0 Å². The van der Waals surface area contributed by atoms with E-state index in [9.17, 15) is 19.8 Å². The fraction of sp³-hybridized carbons (Fsp3) is 0.500. The van der Waals surface area contributed by atoms with E-state index >= 15 is 0 Å². The van der Waals surface area contributed by atoms with E-state index in [1.807, 2.05) is 26.8 Å². The minimum absolute atomic E-state index is 0.114. The molecule has 1 aliphatic rings. The zero-order valence-electron chi connectivity index (χ0n) is 15.7. The highest BCUT2D eigenvalue weighted by Crippen LogP contribution is 2.42. The van der Waals surface area contributed by atoms with Crippen molar-refractivity contribution in [3.05, 3.63) is 33.9 Å². The minimum atomic E-state index is -0.795. The summed E-state index contributed by atoms with van der Waals surface area (Å²) in [6.07, 6.45) is 4.12. The molecule has 0 fully saturated rings. The van der Waals surface area contributed by atoms with Crippen molar-refractivity contribution in [3.8, 4) is 11.5 Å². The van der Waals surface area contributed by atoms with Gasteiger partial charge in [-0.05, 0) is 38.7 Å². The van der Waals surface area contributed by atoms with E-state index in [1.165, 1.54) is 7.11 Å². The molecule has 0 saturated heterocycles. The number of carbonyl (C=O) groups excluding carboxylic acids is 1. The Bertz CT molecular complexity index is 747. The summed E-state index contributed by atoms with van der Waals surface area (Å²) in [5, 5.41) is 19.9. The number of methoxy groups -OCH3 is 1. The fourth-order valence-electron chi connectivity index (χ4n) is 3.44. The second kappa shape index (κ2) is 8.25. The second-order valence-electron chi connectivity index (χ2n) is 6.70. The van der Waals surface area contributed by atoms with Crippen LogP contribution in [0.5, 0.6) is 11.5 Å². The Balaban J connectivity index is 2.32. The molecule has 1 atom stereocenters. The first-order valence-corrected chi connectivity index (χ1v) is 8.78. The Morgan fingerprint density at radius 2 is 2.12 bits per heavy atom. The van der Waals surface area contributed by atoms with Crippen molar-refractivity contribution in [2.45, 2.75) is 53.1 Å². The molecule has 142 valence electrons. The SMILES string of the molecule is CCCC(C/C(C)=C/Cc1c(O)c2c(c(C)c1OC)COC2=O)C(=O)O. The van der Waals surface area contributed by atoms with Gasteiger partial charge in [-0.1, -0.05) is 25.0 Å². The largest absolute Gasteiger partial charge is 0.507 e. The Hall–Kier alpha value is -2.50. The first-order chi connectivity index (χ1) is 12.3. The second-order valence-corrected chi connectivity index (χ2v) is 6.70. The van der Waals surface area contributed by atoms with Crippen LogP contribution in [0.4, 0.5) is 0 Å². The van der Waals surface area contributed by atoms with Crippen molar-refractivity contribution in [2.24, 2.45) is 5.92 Å². The number of aromatic hydroxyl groups is 1. The van der Waals surface area contributed by atoms with E-state index in [0.29, 0.717) is 36.1 Å². The van der Waals surface area contributed by atoms with E-state index in [-0.39, 0.29) is 17.9 Å². The lowest BCUT2D eigenvalue weighted by Crippen LogP contribution is -2.13. The quantitative estimate of drug-likeness (QED) is 0.540. The molecule has 1 aromatic carbocycles. The number of hydrogen-bond acceptors (Lipinski definition) is 5. The number of aliphatic carboxylic acids is 1. The molecule has 6 nitrogen and oxygen atoms in total. The lowest BCUT2D eigenvalue weighted by atomic mass is 9.92. The molecule has 2 N–H and O–H groups in total. The number of phenolic OH excluding ortho intramolecular Hbond substituents is 1.